The highest BCUT2D eigenvalue weighted by Crippen LogP contribution is 2.25. The maximum absolute atomic E-state index is 5.67. The summed E-state index contributed by atoms with van der Waals surface area (Å²) in [6.45, 7) is 2.79. The van der Waals surface area contributed by atoms with Crippen molar-refractivity contribution in [2.45, 2.75) is 13.5 Å². The van der Waals surface area contributed by atoms with E-state index in [-0.39, 0.29) is 0 Å². The molecule has 0 bridgehead atoms. The maximum Gasteiger partial charge on any atom is 0.142 e. The molecule has 1 aromatic carbocycles. The molecule has 0 spiro atoms. The van der Waals surface area contributed by atoms with Gasteiger partial charge in [-0.1, -0.05) is 30.3 Å². The van der Waals surface area contributed by atoms with E-state index in [1.165, 1.54) is 17.1 Å². The molecule has 0 saturated carbocycles. The number of hydrogen-bond donors (Lipinski definition) is 2. The summed E-state index contributed by atoms with van der Waals surface area (Å²) in [6, 6.07) is 10.3. The monoisotopic (exact) mass is 219 g/mol. The molecule has 3 N–H and O–H groups in total. The van der Waals surface area contributed by atoms with Gasteiger partial charge in [0.15, 0.2) is 0 Å². The molecular weight excluding hydrogens is 206 g/mol. The molecule has 0 aliphatic heterocycles. The molecular formula is C11H13N3S. The number of rotatable bonds is 3. The van der Waals surface area contributed by atoms with Gasteiger partial charge >= 0.3 is 0 Å². The quantitative estimate of drug-likeness (QED) is 0.834. The van der Waals surface area contributed by atoms with Crippen LogP contribution in [0.5, 0.6) is 0 Å². The number of nitrogen functional groups attached to an aromatic ring is 1. The lowest BCUT2D eigenvalue weighted by atomic mass is 10.2. The number of aromatic nitrogens is 1. The van der Waals surface area contributed by atoms with Crippen LogP contribution in [0.15, 0.2) is 30.3 Å². The van der Waals surface area contributed by atoms with Crippen LogP contribution in [0.3, 0.4) is 0 Å². The molecule has 0 atom stereocenters. The molecule has 15 heavy (non-hydrogen) atoms. The van der Waals surface area contributed by atoms with Crippen LogP contribution in [0.4, 0.5) is 10.8 Å². The molecule has 0 aliphatic rings. The zero-order chi connectivity index (χ0) is 10.7. The van der Waals surface area contributed by atoms with Gasteiger partial charge in [0.25, 0.3) is 0 Å². The fourth-order valence-electron chi connectivity index (χ4n) is 1.29. The van der Waals surface area contributed by atoms with E-state index in [1.807, 2.05) is 25.1 Å². The zero-order valence-electron chi connectivity index (χ0n) is 8.53. The van der Waals surface area contributed by atoms with Crippen molar-refractivity contribution in [1.82, 2.24) is 4.37 Å². The van der Waals surface area contributed by atoms with E-state index >= 15 is 0 Å². The Labute approximate surface area is 93.1 Å². The van der Waals surface area contributed by atoms with Crippen LogP contribution in [0.1, 0.15) is 11.1 Å². The summed E-state index contributed by atoms with van der Waals surface area (Å²) in [6.07, 6.45) is 0. The van der Waals surface area contributed by atoms with Gasteiger partial charge in [-0.25, -0.2) is 0 Å². The predicted molar refractivity (Wildman–Crippen MR) is 65.0 cm³/mol. The van der Waals surface area contributed by atoms with Crippen LogP contribution in [0.2, 0.25) is 0 Å². The van der Waals surface area contributed by atoms with Crippen molar-refractivity contribution in [2.75, 3.05) is 11.1 Å². The molecule has 0 unspecified atom stereocenters. The largest absolute Gasteiger partial charge is 0.383 e. The Hall–Kier alpha value is -1.55. The third-order valence-electron chi connectivity index (χ3n) is 2.26. The van der Waals surface area contributed by atoms with E-state index in [2.05, 4.69) is 21.8 Å². The van der Waals surface area contributed by atoms with Crippen LogP contribution in [-0.2, 0) is 6.54 Å². The lowest BCUT2D eigenvalue weighted by Crippen LogP contribution is -1.98. The van der Waals surface area contributed by atoms with Gasteiger partial charge in [-0.15, -0.1) is 0 Å². The van der Waals surface area contributed by atoms with Gasteiger partial charge in [0.05, 0.1) is 0 Å². The highest BCUT2D eigenvalue weighted by atomic mass is 32.1. The van der Waals surface area contributed by atoms with E-state index in [1.54, 1.807) is 0 Å². The van der Waals surface area contributed by atoms with Gasteiger partial charge in [0, 0.05) is 12.1 Å². The van der Waals surface area contributed by atoms with Crippen molar-refractivity contribution in [2.24, 2.45) is 0 Å². The average molecular weight is 219 g/mol. The van der Waals surface area contributed by atoms with Crippen molar-refractivity contribution >= 4 is 22.4 Å². The van der Waals surface area contributed by atoms with Crippen molar-refractivity contribution in [1.29, 1.82) is 0 Å². The van der Waals surface area contributed by atoms with Crippen LogP contribution in [0, 0.1) is 6.92 Å². The number of nitrogens with one attached hydrogen (secondary N) is 1. The summed E-state index contributed by atoms with van der Waals surface area (Å²) in [5.41, 5.74) is 7.96. The molecule has 2 rings (SSSR count). The normalized spacial score (nSPS) is 10.2. The van der Waals surface area contributed by atoms with Crippen molar-refractivity contribution in [3.63, 3.8) is 0 Å². The van der Waals surface area contributed by atoms with E-state index in [0.717, 1.165) is 17.1 Å². The second kappa shape index (κ2) is 4.31. The topological polar surface area (TPSA) is 50.9 Å². The highest BCUT2D eigenvalue weighted by molar-refractivity contribution is 7.10. The first-order valence-corrected chi connectivity index (χ1v) is 5.54. The molecule has 1 heterocycles. The highest BCUT2D eigenvalue weighted by Gasteiger charge is 2.05. The second-order valence-corrected chi connectivity index (χ2v) is 4.13. The summed E-state index contributed by atoms with van der Waals surface area (Å²) in [7, 11) is 0. The molecule has 1 aromatic heterocycles. The lowest BCUT2D eigenvalue weighted by molar-refractivity contribution is 1.15. The zero-order valence-corrected chi connectivity index (χ0v) is 9.34. The van der Waals surface area contributed by atoms with E-state index in [0.29, 0.717) is 5.82 Å². The summed E-state index contributed by atoms with van der Waals surface area (Å²) in [4.78, 5) is 0. The minimum Gasteiger partial charge on any atom is -0.383 e. The standard InChI is InChI=1S/C11H13N3S/c1-8-10(12)14-15-11(8)13-7-9-5-3-2-4-6-9/h2-6,13H,7H2,1H3,(H2,12,14). The van der Waals surface area contributed by atoms with Gasteiger partial charge in [0.1, 0.15) is 10.8 Å². The summed E-state index contributed by atoms with van der Waals surface area (Å²) in [5.74, 6) is 0.621. The Morgan fingerprint density at radius 3 is 2.67 bits per heavy atom. The number of hydrogen-bond acceptors (Lipinski definition) is 4. The molecule has 4 heteroatoms. The van der Waals surface area contributed by atoms with Crippen LogP contribution >= 0.6 is 11.5 Å². The second-order valence-electron chi connectivity index (χ2n) is 3.36. The third-order valence-corrected chi connectivity index (χ3v) is 3.18. The van der Waals surface area contributed by atoms with Gasteiger partial charge < -0.3 is 11.1 Å². The van der Waals surface area contributed by atoms with E-state index < -0.39 is 0 Å². The molecule has 3 nitrogen and oxygen atoms in total. The summed E-state index contributed by atoms with van der Waals surface area (Å²) >= 11 is 1.41. The molecule has 0 saturated heterocycles. The van der Waals surface area contributed by atoms with Gasteiger partial charge in [-0.05, 0) is 24.0 Å². The third kappa shape index (κ3) is 2.27. The van der Waals surface area contributed by atoms with Crippen molar-refractivity contribution in [3.05, 3.63) is 41.5 Å². The first-order valence-electron chi connectivity index (χ1n) is 4.77. The fraction of sp³-hybridized carbons (Fsp3) is 0.182. The predicted octanol–water partition coefficient (Wildman–Crippen LogP) is 2.65. The first-order chi connectivity index (χ1) is 7.27. The first kappa shape index (κ1) is 9.98. The van der Waals surface area contributed by atoms with Crippen LogP contribution in [-0.4, -0.2) is 4.37 Å². The van der Waals surface area contributed by atoms with Crippen LogP contribution < -0.4 is 11.1 Å². The minimum absolute atomic E-state index is 0.621. The Bertz CT molecular complexity index is 436. The Morgan fingerprint density at radius 2 is 2.07 bits per heavy atom. The minimum atomic E-state index is 0.621. The molecule has 0 radical (unpaired) electrons. The molecule has 0 aliphatic carbocycles. The van der Waals surface area contributed by atoms with Crippen molar-refractivity contribution < 1.29 is 0 Å². The molecule has 78 valence electrons. The summed E-state index contributed by atoms with van der Waals surface area (Å²) < 4.78 is 4.09. The molecule has 2 aromatic rings. The molecule has 0 fully saturated rings. The van der Waals surface area contributed by atoms with Crippen LogP contribution in [0.25, 0.3) is 0 Å². The lowest BCUT2D eigenvalue weighted by Gasteiger charge is -2.04. The van der Waals surface area contributed by atoms with Gasteiger partial charge in [-0.3, -0.25) is 0 Å². The fourth-order valence-corrected chi connectivity index (χ4v) is 2.00. The Balaban J connectivity index is 2.02. The maximum atomic E-state index is 5.67. The Kier molecular flexibility index (Phi) is 2.87. The SMILES string of the molecule is Cc1c(N)nsc1NCc1ccccc1. The number of benzene rings is 1. The molecule has 0 amide bonds. The smallest absolute Gasteiger partial charge is 0.142 e. The van der Waals surface area contributed by atoms with Gasteiger partial charge in [0.2, 0.25) is 0 Å². The number of anilines is 2. The Morgan fingerprint density at radius 1 is 1.33 bits per heavy atom. The van der Waals surface area contributed by atoms with Crippen molar-refractivity contribution in [3.8, 4) is 0 Å². The van der Waals surface area contributed by atoms with Gasteiger partial charge in [-0.2, -0.15) is 4.37 Å². The average Bonchev–Trinajstić information content (AvgIpc) is 2.59. The van der Waals surface area contributed by atoms with E-state index in [9.17, 15) is 0 Å². The summed E-state index contributed by atoms with van der Waals surface area (Å²) in [5, 5.41) is 4.38. The number of nitrogens with zero attached hydrogens (tertiary/aromatic N) is 1. The number of nitrogens with two attached hydrogens (primary N) is 1. The van der Waals surface area contributed by atoms with E-state index in [4.69, 9.17) is 5.73 Å².